The first-order valence-corrected chi connectivity index (χ1v) is 7.94. The van der Waals surface area contributed by atoms with Gasteiger partial charge in [0.1, 0.15) is 18.1 Å². The lowest BCUT2D eigenvalue weighted by molar-refractivity contribution is 0.217. The lowest BCUT2D eigenvalue weighted by atomic mass is 10.3. The van der Waals surface area contributed by atoms with Crippen LogP contribution in [0.4, 0.5) is 5.69 Å². The van der Waals surface area contributed by atoms with Crippen LogP contribution in [0.3, 0.4) is 0 Å². The summed E-state index contributed by atoms with van der Waals surface area (Å²) in [4.78, 5) is 0. The fraction of sp³-hybridized carbons (Fsp3) is 0.333. The number of rotatable bonds is 8. The first-order valence-electron chi connectivity index (χ1n) is 7.57. The lowest BCUT2D eigenvalue weighted by Crippen LogP contribution is -2.12. The Morgan fingerprint density at radius 2 is 1.82 bits per heavy atom. The first kappa shape index (κ1) is 16.5. The molecule has 0 aliphatic heterocycles. The number of nitrogens with one attached hydrogen (secondary N) is 1. The molecule has 0 aliphatic rings. The Morgan fingerprint density at radius 1 is 1.09 bits per heavy atom. The molecule has 118 valence electrons. The zero-order valence-electron chi connectivity index (χ0n) is 13.0. The zero-order valence-corrected chi connectivity index (χ0v) is 13.8. The third kappa shape index (κ3) is 5.15. The van der Waals surface area contributed by atoms with E-state index in [1.54, 1.807) is 0 Å². The van der Waals surface area contributed by atoms with E-state index in [1.807, 2.05) is 48.5 Å². The molecule has 2 aromatic carbocycles. The second-order valence-corrected chi connectivity index (χ2v) is 5.47. The molecule has 2 aromatic rings. The Labute approximate surface area is 137 Å². The summed E-state index contributed by atoms with van der Waals surface area (Å²) in [6, 6.07) is 15.4. The Kier molecular flexibility index (Phi) is 6.41. The maximum Gasteiger partial charge on any atom is 0.137 e. The predicted octanol–water partition coefficient (Wildman–Crippen LogP) is 5.01. The standard InChI is InChI=1S/C18H22ClNO2/c1-3-14(2)22-16-10-8-15(9-11-16)20-12-13-21-18-7-5-4-6-17(18)19/h4-11,14,20H,3,12-13H2,1-2H3. The van der Waals surface area contributed by atoms with Gasteiger partial charge in [-0.3, -0.25) is 0 Å². The summed E-state index contributed by atoms with van der Waals surface area (Å²) < 4.78 is 11.4. The van der Waals surface area contributed by atoms with Gasteiger partial charge in [0.05, 0.1) is 11.1 Å². The molecule has 0 bridgehead atoms. The molecule has 1 N–H and O–H groups in total. The zero-order chi connectivity index (χ0) is 15.8. The fourth-order valence-electron chi connectivity index (χ4n) is 1.89. The Bertz CT molecular complexity index is 572. The third-order valence-electron chi connectivity index (χ3n) is 3.29. The normalized spacial score (nSPS) is 11.8. The second kappa shape index (κ2) is 8.54. The van der Waals surface area contributed by atoms with Gasteiger partial charge in [0.25, 0.3) is 0 Å². The molecule has 1 unspecified atom stereocenters. The molecule has 3 nitrogen and oxygen atoms in total. The number of hydrogen-bond acceptors (Lipinski definition) is 3. The van der Waals surface area contributed by atoms with Crippen molar-refractivity contribution in [3.63, 3.8) is 0 Å². The number of para-hydroxylation sites is 1. The van der Waals surface area contributed by atoms with E-state index in [9.17, 15) is 0 Å². The summed E-state index contributed by atoms with van der Waals surface area (Å²) in [5.74, 6) is 1.61. The Balaban J connectivity index is 1.74. The predicted molar refractivity (Wildman–Crippen MR) is 92.3 cm³/mol. The van der Waals surface area contributed by atoms with Gasteiger partial charge in [0.2, 0.25) is 0 Å². The monoisotopic (exact) mass is 319 g/mol. The van der Waals surface area contributed by atoms with E-state index < -0.39 is 0 Å². The van der Waals surface area contributed by atoms with Crippen molar-refractivity contribution >= 4 is 17.3 Å². The fourth-order valence-corrected chi connectivity index (χ4v) is 2.08. The van der Waals surface area contributed by atoms with Crippen LogP contribution in [-0.4, -0.2) is 19.3 Å². The van der Waals surface area contributed by atoms with Gasteiger partial charge < -0.3 is 14.8 Å². The molecule has 0 saturated carbocycles. The van der Waals surface area contributed by atoms with E-state index in [-0.39, 0.29) is 6.10 Å². The molecule has 0 fully saturated rings. The largest absolute Gasteiger partial charge is 0.491 e. The van der Waals surface area contributed by atoms with E-state index in [1.165, 1.54) is 0 Å². The second-order valence-electron chi connectivity index (χ2n) is 5.07. The van der Waals surface area contributed by atoms with Gasteiger partial charge in [-0.15, -0.1) is 0 Å². The highest BCUT2D eigenvalue weighted by molar-refractivity contribution is 6.32. The van der Waals surface area contributed by atoms with Crippen molar-refractivity contribution in [3.8, 4) is 11.5 Å². The molecule has 2 rings (SSSR count). The van der Waals surface area contributed by atoms with Crippen LogP contribution in [0, 0.1) is 0 Å². The molecule has 4 heteroatoms. The molecular weight excluding hydrogens is 298 g/mol. The molecule has 1 atom stereocenters. The van der Waals surface area contributed by atoms with Gasteiger partial charge in [-0.25, -0.2) is 0 Å². The van der Waals surface area contributed by atoms with Gasteiger partial charge in [-0.1, -0.05) is 30.7 Å². The van der Waals surface area contributed by atoms with Crippen molar-refractivity contribution in [2.24, 2.45) is 0 Å². The van der Waals surface area contributed by atoms with Gasteiger partial charge in [0, 0.05) is 12.2 Å². The van der Waals surface area contributed by atoms with Crippen LogP contribution in [0.15, 0.2) is 48.5 Å². The molecule has 0 aromatic heterocycles. The average Bonchev–Trinajstić information content (AvgIpc) is 2.54. The number of halogens is 1. The van der Waals surface area contributed by atoms with Crippen molar-refractivity contribution in [3.05, 3.63) is 53.6 Å². The summed E-state index contributed by atoms with van der Waals surface area (Å²) in [6.45, 7) is 5.43. The molecule has 22 heavy (non-hydrogen) atoms. The van der Waals surface area contributed by atoms with Gasteiger partial charge in [-0.05, 0) is 49.7 Å². The minimum atomic E-state index is 0.239. The maximum atomic E-state index is 6.03. The number of benzene rings is 2. The Hall–Kier alpha value is -1.87. The first-order chi connectivity index (χ1) is 10.7. The average molecular weight is 320 g/mol. The van der Waals surface area contributed by atoms with E-state index in [0.29, 0.717) is 23.9 Å². The summed E-state index contributed by atoms with van der Waals surface area (Å²) >= 11 is 6.03. The van der Waals surface area contributed by atoms with Crippen molar-refractivity contribution in [2.75, 3.05) is 18.5 Å². The van der Waals surface area contributed by atoms with E-state index >= 15 is 0 Å². The highest BCUT2D eigenvalue weighted by Gasteiger charge is 2.01. The SMILES string of the molecule is CCC(C)Oc1ccc(NCCOc2ccccc2Cl)cc1. The molecule has 0 spiro atoms. The molecule has 0 amide bonds. The number of anilines is 1. The summed E-state index contributed by atoms with van der Waals surface area (Å²) in [5, 5.41) is 3.94. The molecule has 0 aliphatic carbocycles. The number of hydrogen-bond donors (Lipinski definition) is 1. The van der Waals surface area contributed by atoms with Crippen LogP contribution in [-0.2, 0) is 0 Å². The summed E-state index contributed by atoms with van der Waals surface area (Å²) in [7, 11) is 0. The smallest absolute Gasteiger partial charge is 0.137 e. The molecule has 0 radical (unpaired) electrons. The third-order valence-corrected chi connectivity index (χ3v) is 3.60. The van der Waals surface area contributed by atoms with Crippen LogP contribution in [0.2, 0.25) is 5.02 Å². The minimum absolute atomic E-state index is 0.239. The van der Waals surface area contributed by atoms with Crippen LogP contribution in [0.25, 0.3) is 0 Å². The number of ether oxygens (including phenoxy) is 2. The van der Waals surface area contributed by atoms with Crippen LogP contribution in [0.5, 0.6) is 11.5 Å². The van der Waals surface area contributed by atoms with Gasteiger partial charge in [0.15, 0.2) is 0 Å². The Morgan fingerprint density at radius 3 is 2.50 bits per heavy atom. The molecular formula is C18H22ClNO2. The van der Waals surface area contributed by atoms with E-state index in [4.69, 9.17) is 21.1 Å². The summed E-state index contributed by atoms with van der Waals surface area (Å²) in [6.07, 6.45) is 1.24. The molecule has 0 saturated heterocycles. The molecule has 0 heterocycles. The maximum absolute atomic E-state index is 6.03. The minimum Gasteiger partial charge on any atom is -0.491 e. The topological polar surface area (TPSA) is 30.5 Å². The van der Waals surface area contributed by atoms with E-state index in [0.717, 1.165) is 17.9 Å². The van der Waals surface area contributed by atoms with Crippen molar-refractivity contribution in [2.45, 2.75) is 26.4 Å². The summed E-state index contributed by atoms with van der Waals surface area (Å²) in [5.41, 5.74) is 1.04. The highest BCUT2D eigenvalue weighted by atomic mass is 35.5. The van der Waals surface area contributed by atoms with Gasteiger partial charge in [-0.2, -0.15) is 0 Å². The van der Waals surface area contributed by atoms with Crippen molar-refractivity contribution in [1.29, 1.82) is 0 Å². The van der Waals surface area contributed by atoms with Crippen molar-refractivity contribution in [1.82, 2.24) is 0 Å². The highest BCUT2D eigenvalue weighted by Crippen LogP contribution is 2.23. The quantitative estimate of drug-likeness (QED) is 0.694. The lowest BCUT2D eigenvalue weighted by Gasteiger charge is -2.13. The van der Waals surface area contributed by atoms with Crippen LogP contribution < -0.4 is 14.8 Å². The van der Waals surface area contributed by atoms with Crippen LogP contribution in [0.1, 0.15) is 20.3 Å². The van der Waals surface area contributed by atoms with E-state index in [2.05, 4.69) is 19.2 Å². The van der Waals surface area contributed by atoms with Gasteiger partial charge >= 0.3 is 0 Å². The van der Waals surface area contributed by atoms with Crippen molar-refractivity contribution < 1.29 is 9.47 Å². The van der Waals surface area contributed by atoms with Crippen LogP contribution >= 0.6 is 11.6 Å².